The van der Waals surface area contributed by atoms with Crippen LogP contribution in [0.25, 0.3) is 0 Å². The average Bonchev–Trinajstić information content (AvgIpc) is 2.96. The van der Waals surface area contributed by atoms with Gasteiger partial charge in [-0.25, -0.2) is 4.79 Å². The van der Waals surface area contributed by atoms with Gasteiger partial charge in [-0.05, 0) is 25.0 Å². The minimum absolute atomic E-state index is 0.0351. The van der Waals surface area contributed by atoms with Crippen LogP contribution in [0.4, 0.5) is 0 Å². The van der Waals surface area contributed by atoms with Gasteiger partial charge >= 0.3 is 5.97 Å². The molecule has 88 valence electrons. The van der Waals surface area contributed by atoms with Crippen molar-refractivity contribution < 1.29 is 18.7 Å². The van der Waals surface area contributed by atoms with Gasteiger partial charge in [0.1, 0.15) is 12.4 Å². The standard InChI is InChI=1S/C11H15NO4/c12-6-8-3-4-10(16-8)11(13)15-7-9-2-1-5-14-9/h3-4,9H,1-2,5-7,12H2. The van der Waals surface area contributed by atoms with E-state index in [4.69, 9.17) is 19.6 Å². The quantitative estimate of drug-likeness (QED) is 0.776. The van der Waals surface area contributed by atoms with E-state index in [1.54, 1.807) is 12.1 Å². The van der Waals surface area contributed by atoms with Crippen LogP contribution >= 0.6 is 0 Å². The SMILES string of the molecule is NCc1ccc(C(=O)OCC2CCCO2)o1. The highest BCUT2D eigenvalue weighted by atomic mass is 16.6. The molecule has 0 saturated carbocycles. The molecule has 5 nitrogen and oxygen atoms in total. The number of rotatable bonds is 4. The third-order valence-electron chi connectivity index (χ3n) is 2.49. The summed E-state index contributed by atoms with van der Waals surface area (Å²) in [6.07, 6.45) is 2.01. The van der Waals surface area contributed by atoms with Crippen molar-refractivity contribution in [1.82, 2.24) is 0 Å². The molecular weight excluding hydrogens is 210 g/mol. The number of hydrogen-bond donors (Lipinski definition) is 1. The molecule has 1 saturated heterocycles. The summed E-state index contributed by atoms with van der Waals surface area (Å²) in [7, 11) is 0. The Bertz CT molecular complexity index is 355. The summed E-state index contributed by atoms with van der Waals surface area (Å²) in [6.45, 7) is 1.32. The Labute approximate surface area is 93.5 Å². The molecule has 2 N–H and O–H groups in total. The third kappa shape index (κ3) is 2.62. The van der Waals surface area contributed by atoms with Gasteiger partial charge in [0.05, 0.1) is 12.6 Å². The molecule has 1 aliphatic rings. The molecular formula is C11H15NO4. The van der Waals surface area contributed by atoms with Crippen molar-refractivity contribution in [1.29, 1.82) is 0 Å². The Morgan fingerprint density at radius 3 is 3.06 bits per heavy atom. The molecule has 1 unspecified atom stereocenters. The maximum atomic E-state index is 11.5. The second kappa shape index (κ2) is 5.14. The Morgan fingerprint density at radius 1 is 1.56 bits per heavy atom. The Morgan fingerprint density at radius 2 is 2.44 bits per heavy atom. The molecule has 1 aromatic rings. The normalized spacial score (nSPS) is 19.9. The average molecular weight is 225 g/mol. The van der Waals surface area contributed by atoms with Crippen LogP contribution in [0.1, 0.15) is 29.2 Å². The van der Waals surface area contributed by atoms with E-state index in [2.05, 4.69) is 0 Å². The number of hydrogen-bond acceptors (Lipinski definition) is 5. The van der Waals surface area contributed by atoms with Crippen molar-refractivity contribution in [3.63, 3.8) is 0 Å². The molecule has 2 rings (SSSR count). The molecule has 1 fully saturated rings. The van der Waals surface area contributed by atoms with Crippen LogP contribution in [0.3, 0.4) is 0 Å². The van der Waals surface area contributed by atoms with E-state index in [1.807, 2.05) is 0 Å². The van der Waals surface area contributed by atoms with Gasteiger partial charge in [0.15, 0.2) is 0 Å². The first-order valence-electron chi connectivity index (χ1n) is 5.37. The summed E-state index contributed by atoms with van der Waals surface area (Å²) in [5.74, 6) is 0.303. The number of nitrogens with two attached hydrogens (primary N) is 1. The summed E-state index contributed by atoms with van der Waals surface area (Å²) >= 11 is 0. The maximum absolute atomic E-state index is 11.5. The number of carbonyl (C=O) groups excluding carboxylic acids is 1. The Hall–Kier alpha value is -1.33. The molecule has 0 spiro atoms. The maximum Gasteiger partial charge on any atom is 0.374 e. The predicted octanol–water partition coefficient (Wildman–Crippen LogP) is 1.07. The zero-order valence-electron chi connectivity index (χ0n) is 8.98. The van der Waals surface area contributed by atoms with Crippen LogP contribution < -0.4 is 5.73 Å². The van der Waals surface area contributed by atoms with Crippen molar-refractivity contribution >= 4 is 5.97 Å². The molecule has 1 atom stereocenters. The van der Waals surface area contributed by atoms with Gasteiger partial charge in [-0.15, -0.1) is 0 Å². The Balaban J connectivity index is 1.82. The topological polar surface area (TPSA) is 74.7 Å². The highest BCUT2D eigenvalue weighted by Crippen LogP contribution is 2.14. The lowest BCUT2D eigenvalue weighted by atomic mass is 10.2. The fourth-order valence-corrected chi connectivity index (χ4v) is 1.61. The van der Waals surface area contributed by atoms with E-state index >= 15 is 0 Å². The summed E-state index contributed by atoms with van der Waals surface area (Å²) in [4.78, 5) is 11.5. The first kappa shape index (κ1) is 11.2. The van der Waals surface area contributed by atoms with Crippen LogP contribution in [0.15, 0.2) is 16.5 Å². The van der Waals surface area contributed by atoms with Gasteiger partial charge in [-0.2, -0.15) is 0 Å². The summed E-state index contributed by atoms with van der Waals surface area (Å²) in [6, 6.07) is 3.24. The Kier molecular flexibility index (Phi) is 3.58. The van der Waals surface area contributed by atoms with Gasteiger partial charge in [-0.3, -0.25) is 0 Å². The molecule has 5 heteroatoms. The van der Waals surface area contributed by atoms with Gasteiger partial charge in [0.2, 0.25) is 5.76 Å². The molecule has 0 radical (unpaired) electrons. The van der Waals surface area contributed by atoms with Crippen LogP contribution in [0.5, 0.6) is 0 Å². The van der Waals surface area contributed by atoms with Gasteiger partial charge in [-0.1, -0.05) is 0 Å². The minimum atomic E-state index is -0.463. The summed E-state index contributed by atoms with van der Waals surface area (Å²) < 4.78 is 15.6. The fraction of sp³-hybridized carbons (Fsp3) is 0.545. The number of carbonyl (C=O) groups is 1. The highest BCUT2D eigenvalue weighted by Gasteiger charge is 2.19. The van der Waals surface area contributed by atoms with E-state index in [1.165, 1.54) is 0 Å². The summed E-state index contributed by atoms with van der Waals surface area (Å²) in [5, 5.41) is 0. The lowest BCUT2D eigenvalue weighted by Crippen LogP contribution is -2.17. The number of esters is 1. The van der Waals surface area contributed by atoms with Crippen molar-refractivity contribution in [2.45, 2.75) is 25.5 Å². The largest absolute Gasteiger partial charge is 0.457 e. The lowest BCUT2D eigenvalue weighted by molar-refractivity contribution is 0.0135. The van der Waals surface area contributed by atoms with Crippen molar-refractivity contribution in [2.24, 2.45) is 5.73 Å². The fourth-order valence-electron chi connectivity index (χ4n) is 1.61. The third-order valence-corrected chi connectivity index (χ3v) is 2.49. The van der Waals surface area contributed by atoms with Crippen molar-refractivity contribution in [3.05, 3.63) is 23.7 Å². The second-order valence-electron chi connectivity index (χ2n) is 3.70. The smallest absolute Gasteiger partial charge is 0.374 e. The number of ether oxygens (including phenoxy) is 2. The summed E-state index contributed by atoms with van der Waals surface area (Å²) in [5.41, 5.74) is 5.37. The van der Waals surface area contributed by atoms with Crippen LogP contribution in [0.2, 0.25) is 0 Å². The van der Waals surface area contributed by atoms with Gasteiger partial charge in [0.25, 0.3) is 0 Å². The van der Waals surface area contributed by atoms with Gasteiger partial charge < -0.3 is 19.6 Å². The van der Waals surface area contributed by atoms with Crippen LogP contribution in [0, 0.1) is 0 Å². The molecule has 0 aromatic carbocycles. The van der Waals surface area contributed by atoms with E-state index in [-0.39, 0.29) is 25.0 Å². The molecule has 1 aliphatic heterocycles. The molecule has 16 heavy (non-hydrogen) atoms. The highest BCUT2D eigenvalue weighted by molar-refractivity contribution is 5.86. The second-order valence-corrected chi connectivity index (χ2v) is 3.70. The van der Waals surface area contributed by atoms with Gasteiger partial charge in [0, 0.05) is 6.61 Å². The van der Waals surface area contributed by atoms with Crippen molar-refractivity contribution in [2.75, 3.05) is 13.2 Å². The van der Waals surface area contributed by atoms with E-state index in [9.17, 15) is 4.79 Å². The zero-order chi connectivity index (χ0) is 11.4. The van der Waals surface area contributed by atoms with Crippen LogP contribution in [-0.2, 0) is 16.0 Å². The first-order valence-corrected chi connectivity index (χ1v) is 5.37. The predicted molar refractivity (Wildman–Crippen MR) is 55.9 cm³/mol. The van der Waals surface area contributed by atoms with Crippen LogP contribution in [-0.4, -0.2) is 25.3 Å². The number of furan rings is 1. The lowest BCUT2D eigenvalue weighted by Gasteiger charge is -2.08. The molecule has 0 amide bonds. The molecule has 0 bridgehead atoms. The van der Waals surface area contributed by atoms with E-state index in [0.717, 1.165) is 19.4 Å². The first-order chi connectivity index (χ1) is 7.79. The molecule has 2 heterocycles. The molecule has 1 aromatic heterocycles. The zero-order valence-corrected chi connectivity index (χ0v) is 8.98. The monoisotopic (exact) mass is 225 g/mol. The minimum Gasteiger partial charge on any atom is -0.457 e. The van der Waals surface area contributed by atoms with E-state index in [0.29, 0.717) is 5.76 Å². The van der Waals surface area contributed by atoms with E-state index < -0.39 is 5.97 Å². The molecule has 0 aliphatic carbocycles. The van der Waals surface area contributed by atoms with Crippen molar-refractivity contribution in [3.8, 4) is 0 Å².